The number of hydrogen-bond donors (Lipinski definition) is 1. The maximum atomic E-state index is 13.0. The number of piperidine rings is 1. The number of rotatable bonds is 7. The van der Waals surface area contributed by atoms with Gasteiger partial charge in [0.15, 0.2) is 0 Å². The zero-order valence-electron chi connectivity index (χ0n) is 17.5. The average molecular weight is 449 g/mol. The minimum Gasteiger partial charge on any atom is -0.325 e. The summed E-state index contributed by atoms with van der Waals surface area (Å²) in [5.74, 6) is -0.540. The fraction of sp³-hybridized carbons (Fsp3) is 0.435. The Morgan fingerprint density at radius 1 is 1.10 bits per heavy atom. The molecule has 0 saturated carbocycles. The summed E-state index contributed by atoms with van der Waals surface area (Å²) >= 11 is 5.89. The van der Waals surface area contributed by atoms with Crippen molar-refractivity contribution in [1.82, 2.24) is 4.31 Å². The summed E-state index contributed by atoms with van der Waals surface area (Å²) in [5.41, 5.74) is 3.78. The molecule has 1 heterocycles. The van der Waals surface area contributed by atoms with E-state index in [1.807, 2.05) is 18.2 Å². The quantitative estimate of drug-likeness (QED) is 0.670. The third-order valence-corrected chi connectivity index (χ3v) is 7.73. The molecular weight excluding hydrogens is 420 g/mol. The highest BCUT2D eigenvalue weighted by molar-refractivity contribution is 7.88. The molecule has 1 amide bonds. The molecule has 0 aliphatic carbocycles. The molecule has 0 unspecified atom stereocenters. The van der Waals surface area contributed by atoms with Crippen molar-refractivity contribution in [3.05, 3.63) is 64.2 Å². The molecule has 1 fully saturated rings. The number of nitrogens with one attached hydrogen (secondary N) is 1. The first-order valence-electron chi connectivity index (χ1n) is 10.5. The van der Waals surface area contributed by atoms with E-state index in [-0.39, 0.29) is 24.1 Å². The second-order valence-corrected chi connectivity index (χ2v) is 10.1. The SMILES string of the molecule is CCc1cccc(CC)c1NC(=O)[C@@H]1CCCN(S(=O)(=O)Cc2ccc(Cl)cc2)C1. The molecule has 7 heteroatoms. The Morgan fingerprint density at radius 3 is 2.33 bits per heavy atom. The lowest BCUT2D eigenvalue weighted by atomic mass is 9.97. The Hall–Kier alpha value is -1.89. The number of amides is 1. The predicted molar refractivity (Wildman–Crippen MR) is 122 cm³/mol. The van der Waals surface area contributed by atoms with Crippen LogP contribution >= 0.6 is 11.6 Å². The molecule has 1 aliphatic rings. The molecule has 162 valence electrons. The molecule has 0 bridgehead atoms. The van der Waals surface area contributed by atoms with Gasteiger partial charge in [0.2, 0.25) is 15.9 Å². The van der Waals surface area contributed by atoms with Crippen LogP contribution in [0.3, 0.4) is 0 Å². The molecule has 0 radical (unpaired) electrons. The van der Waals surface area contributed by atoms with Crippen LogP contribution in [0.15, 0.2) is 42.5 Å². The van der Waals surface area contributed by atoms with Crippen LogP contribution in [0.4, 0.5) is 5.69 Å². The summed E-state index contributed by atoms with van der Waals surface area (Å²) in [6, 6.07) is 12.9. The Labute approximate surface area is 184 Å². The number of hydrogen-bond acceptors (Lipinski definition) is 3. The number of carbonyl (C=O) groups excluding carboxylic acids is 1. The van der Waals surface area contributed by atoms with E-state index in [1.54, 1.807) is 24.3 Å². The van der Waals surface area contributed by atoms with E-state index in [9.17, 15) is 13.2 Å². The molecule has 0 aromatic heterocycles. The van der Waals surface area contributed by atoms with Crippen LogP contribution in [0.2, 0.25) is 5.02 Å². The number of anilines is 1. The molecule has 1 N–H and O–H groups in total. The second-order valence-electron chi connectivity index (χ2n) is 7.73. The number of benzene rings is 2. The Bertz CT molecular complexity index is 968. The van der Waals surface area contributed by atoms with Crippen molar-refractivity contribution in [1.29, 1.82) is 0 Å². The van der Waals surface area contributed by atoms with Crippen LogP contribution < -0.4 is 5.32 Å². The summed E-state index contributed by atoms with van der Waals surface area (Å²) in [6.45, 7) is 4.80. The minimum absolute atomic E-state index is 0.0862. The van der Waals surface area contributed by atoms with Crippen LogP contribution in [0, 0.1) is 5.92 Å². The summed E-state index contributed by atoms with van der Waals surface area (Å²) in [6.07, 6.45) is 3.02. The lowest BCUT2D eigenvalue weighted by Gasteiger charge is -2.31. The van der Waals surface area contributed by atoms with E-state index >= 15 is 0 Å². The van der Waals surface area contributed by atoms with Crippen molar-refractivity contribution in [2.75, 3.05) is 18.4 Å². The largest absolute Gasteiger partial charge is 0.325 e. The summed E-state index contributed by atoms with van der Waals surface area (Å²) in [4.78, 5) is 13.0. The van der Waals surface area contributed by atoms with Crippen LogP contribution in [0.25, 0.3) is 0 Å². The van der Waals surface area contributed by atoms with Gasteiger partial charge in [0.05, 0.1) is 11.7 Å². The van der Waals surface area contributed by atoms with Crippen LogP contribution in [0.1, 0.15) is 43.4 Å². The van der Waals surface area contributed by atoms with E-state index in [1.165, 1.54) is 4.31 Å². The lowest BCUT2D eigenvalue weighted by Crippen LogP contribution is -2.44. The molecule has 2 aromatic rings. The Kier molecular flexibility index (Phi) is 7.55. The third-order valence-electron chi connectivity index (χ3n) is 5.66. The van der Waals surface area contributed by atoms with Gasteiger partial charge in [0.1, 0.15) is 0 Å². The van der Waals surface area contributed by atoms with Crippen LogP contribution in [-0.2, 0) is 33.4 Å². The van der Waals surface area contributed by atoms with Crippen molar-refractivity contribution < 1.29 is 13.2 Å². The van der Waals surface area contributed by atoms with Gasteiger partial charge in [-0.15, -0.1) is 0 Å². The van der Waals surface area contributed by atoms with E-state index in [0.717, 1.165) is 29.7 Å². The average Bonchev–Trinajstić information content (AvgIpc) is 2.75. The van der Waals surface area contributed by atoms with Crippen molar-refractivity contribution >= 4 is 33.2 Å². The van der Waals surface area contributed by atoms with Gasteiger partial charge in [-0.2, -0.15) is 0 Å². The molecule has 3 rings (SSSR count). The second kappa shape index (κ2) is 9.94. The number of aryl methyl sites for hydroxylation is 2. The van der Waals surface area contributed by atoms with Gasteiger partial charge in [-0.25, -0.2) is 12.7 Å². The van der Waals surface area contributed by atoms with Gasteiger partial charge in [-0.1, -0.05) is 55.8 Å². The zero-order chi connectivity index (χ0) is 21.7. The Balaban J connectivity index is 1.71. The van der Waals surface area contributed by atoms with Gasteiger partial charge in [-0.3, -0.25) is 4.79 Å². The van der Waals surface area contributed by atoms with Gasteiger partial charge >= 0.3 is 0 Å². The summed E-state index contributed by atoms with van der Waals surface area (Å²) in [7, 11) is -3.50. The topological polar surface area (TPSA) is 66.5 Å². The maximum Gasteiger partial charge on any atom is 0.228 e. The molecular formula is C23H29ClN2O3S. The monoisotopic (exact) mass is 448 g/mol. The standard InChI is InChI=1S/C23H29ClN2O3S/c1-3-18-7-5-8-19(4-2)22(18)25-23(27)20-9-6-14-26(15-20)30(28,29)16-17-10-12-21(24)13-11-17/h5,7-8,10-13,20H,3-4,6,9,14-16H2,1-2H3,(H,25,27)/t20-/m1/s1. The van der Waals surface area contributed by atoms with Gasteiger partial charge in [0, 0.05) is 23.8 Å². The lowest BCUT2D eigenvalue weighted by molar-refractivity contribution is -0.120. The molecule has 2 aromatic carbocycles. The highest BCUT2D eigenvalue weighted by Gasteiger charge is 2.32. The summed E-state index contributed by atoms with van der Waals surface area (Å²) < 4.78 is 27.3. The predicted octanol–water partition coefficient (Wildman–Crippen LogP) is 4.65. The fourth-order valence-corrected chi connectivity index (χ4v) is 5.66. The molecule has 1 saturated heterocycles. The first-order chi connectivity index (χ1) is 14.3. The van der Waals surface area contributed by atoms with Gasteiger partial charge in [-0.05, 0) is 54.5 Å². The zero-order valence-corrected chi connectivity index (χ0v) is 19.1. The first kappa shape index (κ1) is 22.8. The molecule has 0 spiro atoms. The molecule has 1 aliphatic heterocycles. The molecule has 5 nitrogen and oxygen atoms in total. The molecule has 1 atom stereocenters. The number of sulfonamides is 1. The van der Waals surface area contributed by atoms with E-state index in [0.29, 0.717) is 30.0 Å². The van der Waals surface area contributed by atoms with Crippen LogP contribution in [-0.4, -0.2) is 31.7 Å². The summed E-state index contributed by atoms with van der Waals surface area (Å²) in [5, 5.41) is 3.68. The fourth-order valence-electron chi connectivity index (χ4n) is 3.92. The number of halogens is 1. The maximum absolute atomic E-state index is 13.0. The Morgan fingerprint density at radius 2 is 1.73 bits per heavy atom. The van der Waals surface area contributed by atoms with Crippen LogP contribution in [0.5, 0.6) is 0 Å². The van der Waals surface area contributed by atoms with Crippen molar-refractivity contribution in [2.24, 2.45) is 5.92 Å². The smallest absolute Gasteiger partial charge is 0.228 e. The van der Waals surface area contributed by atoms with E-state index in [2.05, 4.69) is 19.2 Å². The van der Waals surface area contributed by atoms with Crippen molar-refractivity contribution in [3.63, 3.8) is 0 Å². The normalized spacial score (nSPS) is 17.6. The third kappa shape index (κ3) is 5.42. The minimum atomic E-state index is -3.50. The van der Waals surface area contributed by atoms with Crippen molar-refractivity contribution in [2.45, 2.75) is 45.3 Å². The highest BCUT2D eigenvalue weighted by atomic mass is 35.5. The van der Waals surface area contributed by atoms with Gasteiger partial charge in [0.25, 0.3) is 0 Å². The highest BCUT2D eigenvalue weighted by Crippen LogP contribution is 2.26. The molecule has 30 heavy (non-hydrogen) atoms. The number of para-hydroxylation sites is 1. The van der Waals surface area contributed by atoms with E-state index < -0.39 is 10.0 Å². The van der Waals surface area contributed by atoms with Gasteiger partial charge < -0.3 is 5.32 Å². The van der Waals surface area contributed by atoms with E-state index in [4.69, 9.17) is 11.6 Å². The number of carbonyl (C=O) groups is 1. The first-order valence-corrected chi connectivity index (χ1v) is 12.5. The van der Waals surface area contributed by atoms with Crippen molar-refractivity contribution in [3.8, 4) is 0 Å². The number of nitrogens with zero attached hydrogens (tertiary/aromatic N) is 1.